The summed E-state index contributed by atoms with van der Waals surface area (Å²) in [5, 5.41) is 7.27. The topological polar surface area (TPSA) is 51.0 Å². The predicted octanol–water partition coefficient (Wildman–Crippen LogP) is 2.91. The largest absolute Gasteiger partial charge is 0.339 e. The molecule has 4 heteroatoms. The molecule has 0 aliphatic heterocycles. The van der Waals surface area contributed by atoms with Gasteiger partial charge in [0.1, 0.15) is 0 Å². The summed E-state index contributed by atoms with van der Waals surface area (Å²) in [7, 11) is 1.98. The van der Waals surface area contributed by atoms with E-state index in [0.717, 1.165) is 24.4 Å². The quantitative estimate of drug-likeness (QED) is 0.830. The zero-order valence-corrected chi connectivity index (χ0v) is 11.6. The van der Waals surface area contributed by atoms with E-state index in [9.17, 15) is 0 Å². The summed E-state index contributed by atoms with van der Waals surface area (Å²) < 4.78 is 5.35. The molecule has 0 spiro atoms. The lowest BCUT2D eigenvalue weighted by Crippen LogP contribution is -2.20. The van der Waals surface area contributed by atoms with E-state index in [2.05, 4.69) is 22.4 Å². The van der Waals surface area contributed by atoms with Crippen LogP contribution in [0.3, 0.4) is 0 Å². The molecule has 102 valence electrons. The van der Waals surface area contributed by atoms with Gasteiger partial charge in [-0.15, -0.1) is 0 Å². The molecule has 1 N–H and O–H groups in total. The normalized spacial score (nSPS) is 12.5. The van der Waals surface area contributed by atoms with Crippen molar-refractivity contribution in [1.82, 2.24) is 15.5 Å². The highest BCUT2D eigenvalue weighted by Gasteiger charge is 2.14. The van der Waals surface area contributed by atoms with Gasteiger partial charge in [0.05, 0.1) is 0 Å². The summed E-state index contributed by atoms with van der Waals surface area (Å²) in [6.07, 6.45) is 3.18. The third-order valence-electron chi connectivity index (χ3n) is 3.15. The molecule has 0 saturated carbocycles. The van der Waals surface area contributed by atoms with Gasteiger partial charge in [-0.05, 0) is 25.9 Å². The smallest absolute Gasteiger partial charge is 0.227 e. The molecule has 1 aromatic carbocycles. The van der Waals surface area contributed by atoms with Crippen LogP contribution >= 0.6 is 0 Å². The summed E-state index contributed by atoms with van der Waals surface area (Å²) in [6.45, 7) is 3.18. The molecule has 19 heavy (non-hydrogen) atoms. The van der Waals surface area contributed by atoms with Crippen molar-refractivity contribution in [3.05, 3.63) is 36.2 Å². The molecular weight excluding hydrogens is 238 g/mol. The van der Waals surface area contributed by atoms with E-state index in [1.807, 2.05) is 37.4 Å². The summed E-state index contributed by atoms with van der Waals surface area (Å²) >= 11 is 0. The average molecular weight is 259 g/mol. The van der Waals surface area contributed by atoms with Gasteiger partial charge in [0.2, 0.25) is 11.7 Å². The summed E-state index contributed by atoms with van der Waals surface area (Å²) in [5.41, 5.74) is 0.998. The van der Waals surface area contributed by atoms with E-state index in [1.165, 1.54) is 12.8 Å². The van der Waals surface area contributed by atoms with Crippen LogP contribution in [0.2, 0.25) is 0 Å². The maximum atomic E-state index is 5.35. The molecule has 0 amide bonds. The van der Waals surface area contributed by atoms with Crippen LogP contribution in [0.1, 0.15) is 25.7 Å². The van der Waals surface area contributed by atoms with Gasteiger partial charge >= 0.3 is 0 Å². The van der Waals surface area contributed by atoms with Crippen LogP contribution in [-0.4, -0.2) is 23.7 Å². The summed E-state index contributed by atoms with van der Waals surface area (Å²) in [4.78, 5) is 4.48. The Balaban J connectivity index is 2.04. The molecular formula is C15H21N3O. The Morgan fingerprint density at radius 2 is 2.05 bits per heavy atom. The number of rotatable bonds is 7. The van der Waals surface area contributed by atoms with E-state index < -0.39 is 0 Å². The van der Waals surface area contributed by atoms with Crippen molar-refractivity contribution in [3.8, 4) is 11.4 Å². The van der Waals surface area contributed by atoms with Gasteiger partial charge < -0.3 is 9.84 Å². The molecule has 0 aliphatic carbocycles. The van der Waals surface area contributed by atoms with Gasteiger partial charge in [-0.2, -0.15) is 4.98 Å². The van der Waals surface area contributed by atoms with Crippen LogP contribution in [0.5, 0.6) is 0 Å². The van der Waals surface area contributed by atoms with Crippen molar-refractivity contribution >= 4 is 0 Å². The zero-order valence-electron chi connectivity index (χ0n) is 11.6. The number of benzene rings is 1. The number of hydrogen-bond donors (Lipinski definition) is 1. The van der Waals surface area contributed by atoms with Crippen LogP contribution in [0.25, 0.3) is 11.4 Å². The third kappa shape index (κ3) is 3.89. The second-order valence-electron chi connectivity index (χ2n) is 4.79. The number of nitrogens with one attached hydrogen (secondary N) is 1. The van der Waals surface area contributed by atoms with Crippen molar-refractivity contribution in [2.24, 2.45) is 5.92 Å². The average Bonchev–Trinajstić information content (AvgIpc) is 2.89. The van der Waals surface area contributed by atoms with Gasteiger partial charge in [0.25, 0.3) is 0 Å². The Morgan fingerprint density at radius 1 is 1.26 bits per heavy atom. The van der Waals surface area contributed by atoms with Crippen LogP contribution in [0.15, 0.2) is 34.9 Å². The van der Waals surface area contributed by atoms with Gasteiger partial charge in [-0.3, -0.25) is 0 Å². The number of nitrogens with zero attached hydrogens (tertiary/aromatic N) is 2. The molecule has 4 nitrogen and oxygen atoms in total. The number of hydrogen-bond acceptors (Lipinski definition) is 4. The zero-order chi connectivity index (χ0) is 13.5. The van der Waals surface area contributed by atoms with E-state index >= 15 is 0 Å². The minimum atomic E-state index is 0.555. The maximum Gasteiger partial charge on any atom is 0.227 e. The van der Waals surface area contributed by atoms with Crippen LogP contribution in [0, 0.1) is 5.92 Å². The van der Waals surface area contributed by atoms with Crippen LogP contribution in [-0.2, 0) is 6.42 Å². The van der Waals surface area contributed by atoms with E-state index in [1.54, 1.807) is 0 Å². The molecule has 1 unspecified atom stereocenters. The van der Waals surface area contributed by atoms with Gasteiger partial charge in [0, 0.05) is 12.0 Å². The monoisotopic (exact) mass is 259 g/mol. The first kappa shape index (κ1) is 13.7. The predicted molar refractivity (Wildman–Crippen MR) is 75.8 cm³/mol. The first-order chi connectivity index (χ1) is 9.33. The van der Waals surface area contributed by atoms with Gasteiger partial charge in [0.15, 0.2) is 0 Å². The minimum Gasteiger partial charge on any atom is -0.339 e. The fraction of sp³-hybridized carbons (Fsp3) is 0.467. The Hall–Kier alpha value is -1.68. The molecule has 2 aromatic rings. The summed E-state index contributed by atoms with van der Waals surface area (Å²) in [5.74, 6) is 1.96. The third-order valence-corrected chi connectivity index (χ3v) is 3.15. The molecule has 0 bridgehead atoms. The van der Waals surface area contributed by atoms with Crippen molar-refractivity contribution < 1.29 is 4.52 Å². The lowest BCUT2D eigenvalue weighted by atomic mass is 10.00. The van der Waals surface area contributed by atoms with Crippen LogP contribution in [0.4, 0.5) is 0 Å². The van der Waals surface area contributed by atoms with Gasteiger partial charge in [-0.1, -0.05) is 48.8 Å². The maximum absolute atomic E-state index is 5.35. The fourth-order valence-electron chi connectivity index (χ4n) is 2.26. The fourth-order valence-corrected chi connectivity index (χ4v) is 2.26. The van der Waals surface area contributed by atoms with E-state index in [4.69, 9.17) is 4.52 Å². The van der Waals surface area contributed by atoms with E-state index in [-0.39, 0.29) is 0 Å². The molecule has 0 radical (unpaired) electrons. The minimum absolute atomic E-state index is 0.555. The molecule has 0 aliphatic rings. The van der Waals surface area contributed by atoms with E-state index in [0.29, 0.717) is 11.7 Å². The summed E-state index contributed by atoms with van der Waals surface area (Å²) in [6, 6.07) is 9.92. The SMILES string of the molecule is CCCC(CNC)Cc1nc(-c2ccccc2)no1. The first-order valence-electron chi connectivity index (χ1n) is 6.86. The Bertz CT molecular complexity index is 475. The standard InChI is InChI=1S/C15H21N3O/c1-3-7-12(11-16-2)10-14-17-15(18-19-14)13-8-5-4-6-9-13/h4-6,8-9,12,16H,3,7,10-11H2,1-2H3. The molecule has 2 rings (SSSR count). The number of aromatic nitrogens is 2. The van der Waals surface area contributed by atoms with Crippen molar-refractivity contribution in [2.75, 3.05) is 13.6 Å². The molecule has 1 aromatic heterocycles. The Labute approximate surface area is 114 Å². The van der Waals surface area contributed by atoms with Crippen LogP contribution < -0.4 is 5.32 Å². The lowest BCUT2D eigenvalue weighted by Gasteiger charge is -2.12. The highest BCUT2D eigenvalue weighted by molar-refractivity contribution is 5.53. The molecule has 1 heterocycles. The molecule has 1 atom stereocenters. The highest BCUT2D eigenvalue weighted by Crippen LogP contribution is 2.17. The highest BCUT2D eigenvalue weighted by atomic mass is 16.5. The Kier molecular flexibility index (Phi) is 5.10. The second kappa shape index (κ2) is 7.04. The molecule has 0 saturated heterocycles. The second-order valence-corrected chi connectivity index (χ2v) is 4.79. The lowest BCUT2D eigenvalue weighted by molar-refractivity contribution is 0.340. The Morgan fingerprint density at radius 3 is 2.74 bits per heavy atom. The van der Waals surface area contributed by atoms with Crippen molar-refractivity contribution in [1.29, 1.82) is 0 Å². The van der Waals surface area contributed by atoms with Crippen molar-refractivity contribution in [2.45, 2.75) is 26.2 Å². The van der Waals surface area contributed by atoms with Crippen molar-refractivity contribution in [3.63, 3.8) is 0 Å². The van der Waals surface area contributed by atoms with Gasteiger partial charge in [-0.25, -0.2) is 0 Å². The first-order valence-corrected chi connectivity index (χ1v) is 6.86. The molecule has 0 fully saturated rings.